The van der Waals surface area contributed by atoms with Crippen LogP contribution in [0.3, 0.4) is 0 Å². The minimum Gasteiger partial charge on any atom is -0.392 e. The number of nitrogens with two attached hydrogens (primary N) is 1. The van der Waals surface area contributed by atoms with Gasteiger partial charge in [-0.3, -0.25) is 4.90 Å². The summed E-state index contributed by atoms with van der Waals surface area (Å²) in [6.45, 7) is 2.95. The van der Waals surface area contributed by atoms with Crippen LogP contribution in [0.2, 0.25) is 0 Å². The highest BCUT2D eigenvalue weighted by Gasteiger charge is 2.16. The molecule has 16 heavy (non-hydrogen) atoms. The van der Waals surface area contributed by atoms with Gasteiger partial charge < -0.3 is 10.8 Å². The number of likely N-dealkylation sites (N-methyl/N-ethyl adjacent to an activating group) is 1. The smallest absolute Gasteiger partial charge is 0.0639 e. The second-order valence-electron chi connectivity index (χ2n) is 4.09. The predicted molar refractivity (Wildman–Crippen MR) is 70.2 cm³/mol. The van der Waals surface area contributed by atoms with Crippen molar-refractivity contribution in [2.24, 2.45) is 5.73 Å². The lowest BCUT2D eigenvalue weighted by Crippen LogP contribution is -2.35. The van der Waals surface area contributed by atoms with Gasteiger partial charge in [-0.1, -0.05) is 28.1 Å². The predicted octanol–water partition coefficient (Wildman–Crippen LogP) is 1.76. The van der Waals surface area contributed by atoms with E-state index in [4.69, 9.17) is 5.73 Å². The van der Waals surface area contributed by atoms with Gasteiger partial charge in [0.05, 0.1) is 6.10 Å². The lowest BCUT2D eigenvalue weighted by molar-refractivity contribution is 0.119. The molecule has 0 heterocycles. The highest BCUT2D eigenvalue weighted by Crippen LogP contribution is 2.20. The van der Waals surface area contributed by atoms with Crippen molar-refractivity contribution in [2.45, 2.75) is 19.1 Å². The topological polar surface area (TPSA) is 49.5 Å². The lowest BCUT2D eigenvalue weighted by atomic mass is 10.1. The molecule has 1 rings (SSSR count). The van der Waals surface area contributed by atoms with Gasteiger partial charge in [0.2, 0.25) is 0 Å². The van der Waals surface area contributed by atoms with Gasteiger partial charge in [0.25, 0.3) is 0 Å². The van der Waals surface area contributed by atoms with Crippen LogP contribution in [-0.2, 0) is 0 Å². The fraction of sp³-hybridized carbons (Fsp3) is 0.500. The van der Waals surface area contributed by atoms with Gasteiger partial charge in [-0.15, -0.1) is 0 Å². The molecule has 0 saturated carbocycles. The Kier molecular flexibility index (Phi) is 5.41. The summed E-state index contributed by atoms with van der Waals surface area (Å²) in [5, 5.41) is 9.37. The SMILES string of the molecule is CC(O)CN(C)C(CN)c1ccc(Br)cc1. The van der Waals surface area contributed by atoms with E-state index >= 15 is 0 Å². The van der Waals surface area contributed by atoms with E-state index in [0.29, 0.717) is 13.1 Å². The molecule has 4 heteroatoms. The first-order chi connectivity index (χ1) is 7.54. The molecule has 0 amide bonds. The second-order valence-corrected chi connectivity index (χ2v) is 5.01. The molecule has 2 atom stereocenters. The summed E-state index contributed by atoms with van der Waals surface area (Å²) < 4.78 is 1.06. The Hall–Kier alpha value is -0.420. The Balaban J connectivity index is 2.77. The number of nitrogens with zero attached hydrogens (tertiary/aromatic N) is 1. The fourth-order valence-corrected chi connectivity index (χ4v) is 2.06. The second kappa shape index (κ2) is 6.35. The van der Waals surface area contributed by atoms with Crippen molar-refractivity contribution in [3.8, 4) is 0 Å². The number of aliphatic hydroxyl groups is 1. The number of halogens is 1. The number of benzene rings is 1. The summed E-state index contributed by atoms with van der Waals surface area (Å²) in [4.78, 5) is 2.08. The minimum atomic E-state index is -0.338. The van der Waals surface area contributed by atoms with Gasteiger partial charge >= 0.3 is 0 Å². The summed E-state index contributed by atoms with van der Waals surface area (Å²) in [5.74, 6) is 0. The molecule has 0 radical (unpaired) electrons. The van der Waals surface area contributed by atoms with Crippen molar-refractivity contribution in [1.82, 2.24) is 4.90 Å². The van der Waals surface area contributed by atoms with E-state index in [-0.39, 0.29) is 12.1 Å². The molecule has 90 valence electrons. The summed E-state index contributed by atoms with van der Waals surface area (Å²) >= 11 is 3.41. The number of aliphatic hydroxyl groups excluding tert-OH is 1. The molecule has 1 aromatic carbocycles. The van der Waals surface area contributed by atoms with E-state index in [1.165, 1.54) is 5.56 Å². The highest BCUT2D eigenvalue weighted by molar-refractivity contribution is 9.10. The molecule has 0 aliphatic rings. The number of hydrogen-bond acceptors (Lipinski definition) is 3. The van der Waals surface area contributed by atoms with Crippen LogP contribution in [-0.4, -0.2) is 36.2 Å². The molecule has 1 aromatic rings. The number of rotatable bonds is 5. The van der Waals surface area contributed by atoms with Gasteiger partial charge in [-0.05, 0) is 31.7 Å². The molecule has 0 fully saturated rings. The van der Waals surface area contributed by atoms with Crippen molar-refractivity contribution in [3.05, 3.63) is 34.3 Å². The van der Waals surface area contributed by atoms with E-state index < -0.39 is 0 Å². The van der Waals surface area contributed by atoms with Crippen molar-refractivity contribution in [3.63, 3.8) is 0 Å². The van der Waals surface area contributed by atoms with Crippen LogP contribution in [0, 0.1) is 0 Å². The van der Waals surface area contributed by atoms with Gasteiger partial charge in [0, 0.05) is 23.6 Å². The first-order valence-corrected chi connectivity index (χ1v) is 6.17. The Bertz CT molecular complexity index is 313. The standard InChI is InChI=1S/C12H19BrN2O/c1-9(16)8-15(2)12(7-14)10-3-5-11(13)6-4-10/h3-6,9,12,16H,7-8,14H2,1-2H3. The average molecular weight is 287 g/mol. The first-order valence-electron chi connectivity index (χ1n) is 5.38. The summed E-state index contributed by atoms with van der Waals surface area (Å²) in [6, 6.07) is 8.28. The van der Waals surface area contributed by atoms with Gasteiger partial charge in [-0.2, -0.15) is 0 Å². The van der Waals surface area contributed by atoms with E-state index in [2.05, 4.69) is 33.0 Å². The summed E-state index contributed by atoms with van der Waals surface area (Å²) in [6.07, 6.45) is -0.338. The van der Waals surface area contributed by atoms with Crippen molar-refractivity contribution in [1.29, 1.82) is 0 Å². The maximum atomic E-state index is 9.37. The molecule has 3 nitrogen and oxygen atoms in total. The Morgan fingerprint density at radius 2 is 1.94 bits per heavy atom. The Labute approximate surface area is 105 Å². The van der Waals surface area contributed by atoms with Gasteiger partial charge in [0.15, 0.2) is 0 Å². The summed E-state index contributed by atoms with van der Waals surface area (Å²) in [7, 11) is 1.98. The van der Waals surface area contributed by atoms with E-state index in [0.717, 1.165) is 4.47 Å². The Morgan fingerprint density at radius 3 is 2.38 bits per heavy atom. The van der Waals surface area contributed by atoms with Crippen LogP contribution in [0.15, 0.2) is 28.7 Å². The van der Waals surface area contributed by atoms with E-state index in [9.17, 15) is 5.11 Å². The van der Waals surface area contributed by atoms with Gasteiger partial charge in [0.1, 0.15) is 0 Å². The van der Waals surface area contributed by atoms with Crippen LogP contribution < -0.4 is 5.73 Å². The van der Waals surface area contributed by atoms with Crippen molar-refractivity contribution < 1.29 is 5.11 Å². The molecule has 0 bridgehead atoms. The third kappa shape index (κ3) is 3.87. The molecule has 0 aliphatic carbocycles. The molecular formula is C12H19BrN2O. The molecule has 0 aromatic heterocycles. The largest absolute Gasteiger partial charge is 0.392 e. The third-order valence-corrected chi connectivity index (χ3v) is 3.09. The molecule has 3 N–H and O–H groups in total. The van der Waals surface area contributed by atoms with Gasteiger partial charge in [-0.25, -0.2) is 0 Å². The van der Waals surface area contributed by atoms with Crippen molar-refractivity contribution >= 4 is 15.9 Å². The van der Waals surface area contributed by atoms with Crippen LogP contribution in [0.5, 0.6) is 0 Å². The summed E-state index contributed by atoms with van der Waals surface area (Å²) in [5.41, 5.74) is 6.96. The zero-order chi connectivity index (χ0) is 12.1. The fourth-order valence-electron chi connectivity index (χ4n) is 1.80. The zero-order valence-electron chi connectivity index (χ0n) is 9.73. The van der Waals surface area contributed by atoms with Crippen molar-refractivity contribution in [2.75, 3.05) is 20.1 Å². The van der Waals surface area contributed by atoms with Crippen LogP contribution in [0.25, 0.3) is 0 Å². The van der Waals surface area contributed by atoms with Crippen LogP contribution >= 0.6 is 15.9 Å². The molecule has 0 saturated heterocycles. The maximum Gasteiger partial charge on any atom is 0.0639 e. The quantitative estimate of drug-likeness (QED) is 0.867. The minimum absolute atomic E-state index is 0.155. The normalized spacial score (nSPS) is 15.1. The van der Waals surface area contributed by atoms with Crippen LogP contribution in [0.4, 0.5) is 0 Å². The molecular weight excluding hydrogens is 268 g/mol. The first kappa shape index (κ1) is 13.6. The molecule has 0 spiro atoms. The van der Waals surface area contributed by atoms with Crippen LogP contribution in [0.1, 0.15) is 18.5 Å². The Morgan fingerprint density at radius 1 is 1.38 bits per heavy atom. The zero-order valence-corrected chi connectivity index (χ0v) is 11.3. The molecule has 0 aliphatic heterocycles. The van der Waals surface area contributed by atoms with E-state index in [1.54, 1.807) is 6.92 Å². The monoisotopic (exact) mass is 286 g/mol. The highest BCUT2D eigenvalue weighted by atomic mass is 79.9. The maximum absolute atomic E-state index is 9.37. The lowest BCUT2D eigenvalue weighted by Gasteiger charge is -2.28. The number of hydrogen-bond donors (Lipinski definition) is 2. The van der Waals surface area contributed by atoms with E-state index in [1.807, 2.05) is 19.2 Å². The average Bonchev–Trinajstić information content (AvgIpc) is 2.21. The molecule has 2 unspecified atom stereocenters. The third-order valence-electron chi connectivity index (χ3n) is 2.56.